The van der Waals surface area contributed by atoms with E-state index in [9.17, 15) is 0 Å². The smallest absolute Gasteiger partial charge is 0.0783 e. The third-order valence-corrected chi connectivity index (χ3v) is 3.77. The number of nitrogens with zero attached hydrogens (tertiary/aromatic N) is 2. The van der Waals surface area contributed by atoms with E-state index in [4.69, 9.17) is 0 Å². The largest absolute Gasteiger partial charge is 0.319 e. The van der Waals surface area contributed by atoms with Crippen molar-refractivity contribution in [3.8, 4) is 5.69 Å². The first-order valence-electron chi connectivity index (χ1n) is 6.08. The van der Waals surface area contributed by atoms with E-state index in [0.29, 0.717) is 0 Å². The van der Waals surface area contributed by atoms with E-state index in [1.807, 2.05) is 17.9 Å². The molecule has 1 aromatic heterocycles. The summed E-state index contributed by atoms with van der Waals surface area (Å²) in [6.45, 7) is 5.18. The van der Waals surface area contributed by atoms with Gasteiger partial charge in [-0.2, -0.15) is 5.10 Å². The summed E-state index contributed by atoms with van der Waals surface area (Å²) in [5.41, 5.74) is 4.79. The van der Waals surface area contributed by atoms with Crippen molar-refractivity contribution in [3.63, 3.8) is 0 Å². The van der Waals surface area contributed by atoms with Crippen LogP contribution in [-0.2, 0) is 6.42 Å². The third-order valence-electron chi connectivity index (χ3n) is 3.11. The fourth-order valence-corrected chi connectivity index (χ4v) is 2.27. The van der Waals surface area contributed by atoms with Crippen LogP contribution in [0, 0.1) is 13.8 Å². The zero-order valence-electron chi connectivity index (χ0n) is 11.0. The molecular formula is C14H18BrN3. The van der Waals surface area contributed by atoms with E-state index in [1.165, 1.54) is 11.1 Å². The average Bonchev–Trinajstić information content (AvgIpc) is 2.72. The zero-order chi connectivity index (χ0) is 13.1. The average molecular weight is 308 g/mol. The van der Waals surface area contributed by atoms with Crippen LogP contribution in [0.3, 0.4) is 0 Å². The first-order chi connectivity index (χ1) is 8.61. The number of halogens is 1. The second kappa shape index (κ2) is 5.67. The Morgan fingerprint density at radius 3 is 2.72 bits per heavy atom. The monoisotopic (exact) mass is 307 g/mol. The molecule has 0 amide bonds. The van der Waals surface area contributed by atoms with Crippen molar-refractivity contribution >= 4 is 15.9 Å². The van der Waals surface area contributed by atoms with Gasteiger partial charge < -0.3 is 5.32 Å². The Bertz CT molecular complexity index is 546. The molecule has 1 N–H and O–H groups in total. The molecular weight excluding hydrogens is 290 g/mol. The number of aromatic nitrogens is 2. The highest BCUT2D eigenvalue weighted by Crippen LogP contribution is 2.20. The van der Waals surface area contributed by atoms with E-state index in [1.54, 1.807) is 0 Å². The Morgan fingerprint density at radius 1 is 1.28 bits per heavy atom. The van der Waals surface area contributed by atoms with Gasteiger partial charge in [-0.25, -0.2) is 4.68 Å². The van der Waals surface area contributed by atoms with Crippen LogP contribution in [0.4, 0.5) is 0 Å². The molecule has 0 aliphatic heterocycles. The molecule has 0 aliphatic rings. The standard InChI is InChI=1S/C14H18BrN3/c1-10-4-5-12(8-11(10)2)18-9-13(15)14(17-18)6-7-16-3/h4-5,8-9,16H,6-7H2,1-3H3. The molecule has 0 aliphatic carbocycles. The first kappa shape index (κ1) is 13.3. The van der Waals surface area contributed by atoms with Crippen molar-refractivity contribution in [2.24, 2.45) is 0 Å². The molecule has 0 unspecified atom stereocenters. The van der Waals surface area contributed by atoms with Crippen molar-refractivity contribution in [1.29, 1.82) is 0 Å². The van der Waals surface area contributed by atoms with Crippen molar-refractivity contribution in [2.45, 2.75) is 20.3 Å². The van der Waals surface area contributed by atoms with Gasteiger partial charge in [-0.05, 0) is 60.1 Å². The molecule has 96 valence electrons. The summed E-state index contributed by atoms with van der Waals surface area (Å²) in [7, 11) is 1.95. The topological polar surface area (TPSA) is 29.9 Å². The Kier molecular flexibility index (Phi) is 4.19. The molecule has 18 heavy (non-hydrogen) atoms. The van der Waals surface area contributed by atoms with Crippen LogP contribution < -0.4 is 5.32 Å². The lowest BCUT2D eigenvalue weighted by atomic mass is 10.1. The summed E-state index contributed by atoms with van der Waals surface area (Å²) in [5, 5.41) is 7.76. The van der Waals surface area contributed by atoms with Crippen LogP contribution in [0.5, 0.6) is 0 Å². The number of likely N-dealkylation sites (N-methyl/N-ethyl adjacent to an activating group) is 1. The molecule has 3 nitrogen and oxygen atoms in total. The van der Waals surface area contributed by atoms with Crippen LogP contribution >= 0.6 is 15.9 Å². The summed E-state index contributed by atoms with van der Waals surface area (Å²) < 4.78 is 3.00. The fourth-order valence-electron chi connectivity index (χ4n) is 1.80. The van der Waals surface area contributed by atoms with E-state index < -0.39 is 0 Å². The normalized spacial score (nSPS) is 10.9. The predicted octanol–water partition coefficient (Wildman–Crippen LogP) is 3.01. The molecule has 0 atom stereocenters. The molecule has 0 fully saturated rings. The van der Waals surface area contributed by atoms with Crippen molar-refractivity contribution < 1.29 is 0 Å². The maximum atomic E-state index is 4.62. The third kappa shape index (κ3) is 2.82. The Balaban J connectivity index is 2.30. The molecule has 2 rings (SSSR count). The highest BCUT2D eigenvalue weighted by molar-refractivity contribution is 9.10. The number of hydrogen-bond donors (Lipinski definition) is 1. The maximum absolute atomic E-state index is 4.62. The second-order valence-electron chi connectivity index (χ2n) is 4.49. The molecule has 0 saturated carbocycles. The molecule has 1 heterocycles. The summed E-state index contributed by atoms with van der Waals surface area (Å²) >= 11 is 3.57. The van der Waals surface area contributed by atoms with Gasteiger partial charge in [0.05, 0.1) is 15.9 Å². The van der Waals surface area contributed by atoms with Gasteiger partial charge >= 0.3 is 0 Å². The number of rotatable bonds is 4. The summed E-state index contributed by atoms with van der Waals surface area (Å²) in [4.78, 5) is 0. The predicted molar refractivity (Wildman–Crippen MR) is 78.4 cm³/mol. The van der Waals surface area contributed by atoms with Crippen LogP contribution in [0.15, 0.2) is 28.9 Å². The van der Waals surface area contributed by atoms with Crippen molar-refractivity contribution in [2.75, 3.05) is 13.6 Å². The maximum Gasteiger partial charge on any atom is 0.0783 e. The molecule has 0 spiro atoms. The number of benzene rings is 1. The molecule has 0 radical (unpaired) electrons. The van der Waals surface area contributed by atoms with Crippen molar-refractivity contribution in [3.05, 3.63) is 45.7 Å². The van der Waals surface area contributed by atoms with Gasteiger partial charge in [-0.3, -0.25) is 0 Å². The van der Waals surface area contributed by atoms with Gasteiger partial charge in [-0.15, -0.1) is 0 Å². The molecule has 0 saturated heterocycles. The minimum Gasteiger partial charge on any atom is -0.319 e. The fraction of sp³-hybridized carbons (Fsp3) is 0.357. The zero-order valence-corrected chi connectivity index (χ0v) is 12.6. The quantitative estimate of drug-likeness (QED) is 0.941. The first-order valence-corrected chi connectivity index (χ1v) is 6.87. The van der Waals surface area contributed by atoms with E-state index in [2.05, 4.69) is 58.4 Å². The van der Waals surface area contributed by atoms with Gasteiger partial charge in [0, 0.05) is 19.2 Å². The molecule has 1 aromatic carbocycles. The number of hydrogen-bond acceptors (Lipinski definition) is 2. The SMILES string of the molecule is CNCCc1nn(-c2ccc(C)c(C)c2)cc1Br. The summed E-state index contributed by atoms with van der Waals surface area (Å²) in [6.07, 6.45) is 2.95. The Morgan fingerprint density at radius 2 is 2.06 bits per heavy atom. The number of aryl methyl sites for hydroxylation is 2. The minimum absolute atomic E-state index is 0.926. The van der Waals surface area contributed by atoms with Gasteiger partial charge in [0.2, 0.25) is 0 Å². The molecule has 2 aromatic rings. The lowest BCUT2D eigenvalue weighted by Gasteiger charge is -2.05. The Labute approximate surface area is 116 Å². The highest BCUT2D eigenvalue weighted by Gasteiger charge is 2.07. The lowest BCUT2D eigenvalue weighted by Crippen LogP contribution is -2.11. The second-order valence-corrected chi connectivity index (χ2v) is 5.34. The van der Waals surface area contributed by atoms with Gasteiger partial charge in [-0.1, -0.05) is 6.07 Å². The van der Waals surface area contributed by atoms with E-state index in [0.717, 1.165) is 28.8 Å². The van der Waals surface area contributed by atoms with Crippen LogP contribution in [0.25, 0.3) is 5.69 Å². The number of nitrogens with one attached hydrogen (secondary N) is 1. The summed E-state index contributed by atoms with van der Waals surface area (Å²) in [6, 6.07) is 6.40. The van der Waals surface area contributed by atoms with E-state index in [-0.39, 0.29) is 0 Å². The van der Waals surface area contributed by atoms with Crippen LogP contribution in [0.2, 0.25) is 0 Å². The van der Waals surface area contributed by atoms with Crippen LogP contribution in [0.1, 0.15) is 16.8 Å². The minimum atomic E-state index is 0.926. The van der Waals surface area contributed by atoms with Crippen LogP contribution in [-0.4, -0.2) is 23.4 Å². The molecule has 4 heteroatoms. The van der Waals surface area contributed by atoms with E-state index >= 15 is 0 Å². The van der Waals surface area contributed by atoms with Gasteiger partial charge in [0.25, 0.3) is 0 Å². The highest BCUT2D eigenvalue weighted by atomic mass is 79.9. The summed E-state index contributed by atoms with van der Waals surface area (Å²) in [5.74, 6) is 0. The van der Waals surface area contributed by atoms with Crippen molar-refractivity contribution in [1.82, 2.24) is 15.1 Å². The van der Waals surface area contributed by atoms with Gasteiger partial charge in [0.15, 0.2) is 0 Å². The Hall–Kier alpha value is -1.13. The van der Waals surface area contributed by atoms with Gasteiger partial charge in [0.1, 0.15) is 0 Å². The lowest BCUT2D eigenvalue weighted by molar-refractivity contribution is 0.753. The molecule has 0 bridgehead atoms.